The summed E-state index contributed by atoms with van der Waals surface area (Å²) in [5, 5.41) is 6.59. The summed E-state index contributed by atoms with van der Waals surface area (Å²) in [5.41, 5.74) is 0. The van der Waals surface area contributed by atoms with Gasteiger partial charge in [0.25, 0.3) is 0 Å². The lowest BCUT2D eigenvalue weighted by Gasteiger charge is -2.35. The van der Waals surface area contributed by atoms with Gasteiger partial charge in [0, 0.05) is 45.5 Å². The number of hydrogen-bond donors (Lipinski definition) is 2. The number of nitrogens with one attached hydrogen (secondary N) is 2. The molecule has 0 amide bonds. The first-order valence-corrected chi connectivity index (χ1v) is 11.4. The second kappa shape index (κ2) is 14.8. The summed E-state index contributed by atoms with van der Waals surface area (Å²) >= 11 is 0. The first-order valence-electron chi connectivity index (χ1n) is 9.33. The van der Waals surface area contributed by atoms with E-state index >= 15 is 0 Å². The molecule has 1 heterocycles. The van der Waals surface area contributed by atoms with Crippen LogP contribution in [0.25, 0.3) is 0 Å². The molecule has 0 aromatic rings. The highest BCUT2D eigenvalue weighted by atomic mass is 127. The minimum Gasteiger partial charge on any atom is -0.379 e. The fraction of sp³-hybridized carbons (Fsp3) is 0.941. The van der Waals surface area contributed by atoms with Gasteiger partial charge in [-0.3, -0.25) is 9.89 Å². The summed E-state index contributed by atoms with van der Waals surface area (Å²) in [6.45, 7) is 10.1. The molecule has 1 rings (SSSR count). The molecule has 0 aromatic heterocycles. The maximum Gasteiger partial charge on any atom is 0.191 e. The highest BCUT2D eigenvalue weighted by molar-refractivity contribution is 14.0. The number of hydrogen-bond acceptors (Lipinski definition) is 6. The lowest BCUT2D eigenvalue weighted by Crippen LogP contribution is -2.51. The van der Waals surface area contributed by atoms with Crippen LogP contribution in [0, 0.1) is 5.92 Å². The second-order valence-corrected chi connectivity index (χ2v) is 9.31. The maximum absolute atomic E-state index is 11.0. The van der Waals surface area contributed by atoms with Gasteiger partial charge in [-0.25, -0.2) is 8.42 Å². The van der Waals surface area contributed by atoms with Crippen LogP contribution in [0.15, 0.2) is 4.99 Å². The molecule has 0 bridgehead atoms. The van der Waals surface area contributed by atoms with E-state index in [2.05, 4.69) is 34.4 Å². The van der Waals surface area contributed by atoms with Crippen molar-refractivity contribution in [3.8, 4) is 0 Å². The van der Waals surface area contributed by atoms with Gasteiger partial charge in [0.2, 0.25) is 0 Å². The first kappa shape index (κ1) is 26.8. The molecule has 1 saturated heterocycles. The number of sulfone groups is 1. The Morgan fingerprint density at radius 2 is 1.89 bits per heavy atom. The zero-order chi connectivity index (χ0) is 19.4. The van der Waals surface area contributed by atoms with Gasteiger partial charge >= 0.3 is 0 Å². The lowest BCUT2D eigenvalue weighted by molar-refractivity contribution is 0.0132. The Morgan fingerprint density at radius 3 is 2.44 bits per heavy atom. The largest absolute Gasteiger partial charge is 0.379 e. The molecule has 27 heavy (non-hydrogen) atoms. The van der Waals surface area contributed by atoms with E-state index in [1.54, 1.807) is 7.05 Å². The Balaban J connectivity index is 0.00000676. The monoisotopic (exact) mass is 520 g/mol. The zero-order valence-corrected chi connectivity index (χ0v) is 20.2. The maximum atomic E-state index is 11.0. The number of guanidine groups is 1. The van der Waals surface area contributed by atoms with Crippen molar-refractivity contribution in [2.45, 2.75) is 26.3 Å². The minimum atomic E-state index is -2.97. The third kappa shape index (κ3) is 13.6. The van der Waals surface area contributed by atoms with E-state index in [1.165, 1.54) is 6.26 Å². The van der Waals surface area contributed by atoms with Crippen molar-refractivity contribution in [2.24, 2.45) is 10.9 Å². The van der Waals surface area contributed by atoms with Crippen LogP contribution >= 0.6 is 24.0 Å². The van der Waals surface area contributed by atoms with E-state index in [0.29, 0.717) is 25.1 Å². The van der Waals surface area contributed by atoms with Crippen LogP contribution in [0.3, 0.4) is 0 Å². The van der Waals surface area contributed by atoms with Crippen LogP contribution in [0.5, 0.6) is 0 Å². The van der Waals surface area contributed by atoms with Crippen LogP contribution in [0.1, 0.15) is 20.3 Å². The Kier molecular flexibility index (Phi) is 14.7. The highest BCUT2D eigenvalue weighted by Gasteiger charge is 2.22. The van der Waals surface area contributed by atoms with Gasteiger partial charge in [-0.2, -0.15) is 0 Å². The summed E-state index contributed by atoms with van der Waals surface area (Å²) < 4.78 is 32.9. The Bertz CT molecular complexity index is 511. The lowest BCUT2D eigenvalue weighted by atomic mass is 10.0. The van der Waals surface area contributed by atoms with E-state index in [4.69, 9.17) is 9.47 Å². The average molecular weight is 520 g/mol. The number of ether oxygens (including phenoxy) is 2. The molecule has 8 nitrogen and oxygen atoms in total. The van der Waals surface area contributed by atoms with Gasteiger partial charge in [-0.15, -0.1) is 24.0 Å². The zero-order valence-electron chi connectivity index (χ0n) is 17.1. The minimum absolute atomic E-state index is 0. The molecule has 1 unspecified atom stereocenters. The predicted molar refractivity (Wildman–Crippen MR) is 121 cm³/mol. The predicted octanol–water partition coefficient (Wildman–Crippen LogP) is 0.578. The molecule has 162 valence electrons. The molecular formula is C17H37IN4O4S. The standard InChI is InChI=1S/C17H36N4O4S.HI/c1-15(2)13-16(21-6-9-25-10-7-21)14-20-17(18-3)19-5-8-24-11-12-26(4,22)23;/h15-16H,5-14H2,1-4H3,(H2,18,19,20);1H. The Labute approximate surface area is 181 Å². The first-order chi connectivity index (χ1) is 12.3. The normalized spacial score (nSPS) is 17.4. The van der Waals surface area contributed by atoms with E-state index in [0.717, 1.165) is 45.2 Å². The number of halogens is 1. The number of nitrogens with zero attached hydrogens (tertiary/aromatic N) is 2. The number of rotatable bonds is 11. The van der Waals surface area contributed by atoms with Crippen LogP contribution < -0.4 is 10.6 Å². The van der Waals surface area contributed by atoms with E-state index in [1.807, 2.05) is 0 Å². The van der Waals surface area contributed by atoms with Gasteiger partial charge in [0.05, 0.1) is 32.2 Å². The number of morpholine rings is 1. The fourth-order valence-corrected chi connectivity index (χ4v) is 3.26. The van der Waals surface area contributed by atoms with Crippen molar-refractivity contribution in [3.05, 3.63) is 0 Å². The number of aliphatic imine (C=N–C) groups is 1. The SMILES string of the molecule is CN=C(NCCOCCS(C)(=O)=O)NCC(CC(C)C)N1CCOCC1.I. The molecular weight excluding hydrogens is 483 g/mol. The van der Waals surface area contributed by atoms with E-state index in [9.17, 15) is 8.42 Å². The van der Waals surface area contributed by atoms with Gasteiger partial charge in [-0.1, -0.05) is 13.8 Å². The van der Waals surface area contributed by atoms with Crippen LogP contribution in [-0.2, 0) is 19.3 Å². The molecule has 2 N–H and O–H groups in total. The second-order valence-electron chi connectivity index (χ2n) is 7.05. The molecule has 1 atom stereocenters. The molecule has 0 aliphatic carbocycles. The molecule has 1 fully saturated rings. The summed E-state index contributed by atoms with van der Waals surface area (Å²) in [7, 11) is -1.22. The fourth-order valence-electron chi connectivity index (χ4n) is 2.84. The molecule has 10 heteroatoms. The van der Waals surface area contributed by atoms with Crippen LogP contribution in [0.2, 0.25) is 0 Å². The third-order valence-electron chi connectivity index (χ3n) is 4.17. The molecule has 0 radical (unpaired) electrons. The van der Waals surface area contributed by atoms with Gasteiger partial charge < -0.3 is 20.1 Å². The molecule has 0 saturated carbocycles. The van der Waals surface area contributed by atoms with Crippen molar-refractivity contribution in [1.82, 2.24) is 15.5 Å². The van der Waals surface area contributed by atoms with E-state index < -0.39 is 9.84 Å². The van der Waals surface area contributed by atoms with Crippen molar-refractivity contribution in [3.63, 3.8) is 0 Å². The van der Waals surface area contributed by atoms with Gasteiger partial charge in [-0.05, 0) is 12.3 Å². The third-order valence-corrected chi connectivity index (χ3v) is 5.08. The van der Waals surface area contributed by atoms with Crippen LogP contribution in [0.4, 0.5) is 0 Å². The Hall–Kier alpha value is -0.170. The van der Waals surface area contributed by atoms with Crippen molar-refractivity contribution >= 4 is 39.8 Å². The smallest absolute Gasteiger partial charge is 0.191 e. The summed E-state index contributed by atoms with van der Waals surface area (Å²) in [5.74, 6) is 1.41. The molecule has 0 spiro atoms. The van der Waals surface area contributed by atoms with Gasteiger partial charge in [0.1, 0.15) is 9.84 Å². The van der Waals surface area contributed by atoms with Crippen molar-refractivity contribution < 1.29 is 17.9 Å². The summed E-state index contributed by atoms with van der Waals surface area (Å²) in [6, 6.07) is 0.448. The van der Waals surface area contributed by atoms with Crippen LogP contribution in [-0.4, -0.2) is 97.0 Å². The molecule has 0 aromatic carbocycles. The summed E-state index contributed by atoms with van der Waals surface area (Å²) in [4.78, 5) is 6.73. The summed E-state index contributed by atoms with van der Waals surface area (Å²) in [6.07, 6.45) is 2.33. The van der Waals surface area contributed by atoms with E-state index in [-0.39, 0.29) is 36.3 Å². The molecule has 1 aliphatic rings. The Morgan fingerprint density at radius 1 is 1.22 bits per heavy atom. The van der Waals surface area contributed by atoms with Crippen molar-refractivity contribution in [1.29, 1.82) is 0 Å². The van der Waals surface area contributed by atoms with Crippen molar-refractivity contribution in [2.75, 3.05) is 71.7 Å². The quantitative estimate of drug-likeness (QED) is 0.178. The average Bonchev–Trinajstić information content (AvgIpc) is 2.58. The van der Waals surface area contributed by atoms with Gasteiger partial charge in [0.15, 0.2) is 5.96 Å². The highest BCUT2D eigenvalue weighted by Crippen LogP contribution is 2.12. The topological polar surface area (TPSA) is 92.3 Å². The molecule has 1 aliphatic heterocycles.